The van der Waals surface area contributed by atoms with Gasteiger partial charge in [0.15, 0.2) is 0 Å². The molecule has 4 fully saturated rings. The molecule has 0 radical (unpaired) electrons. The van der Waals surface area contributed by atoms with E-state index < -0.39 is 17.1 Å². The molecule has 5 heteroatoms. The van der Waals surface area contributed by atoms with Crippen LogP contribution in [0.15, 0.2) is 0 Å². The molecule has 0 saturated heterocycles. The van der Waals surface area contributed by atoms with Gasteiger partial charge in [-0.2, -0.15) is 0 Å². The van der Waals surface area contributed by atoms with Crippen LogP contribution in [0.3, 0.4) is 0 Å². The lowest BCUT2D eigenvalue weighted by atomic mass is 9.99. The van der Waals surface area contributed by atoms with Gasteiger partial charge in [-0.25, -0.2) is 0 Å². The van der Waals surface area contributed by atoms with Crippen LogP contribution in [0.5, 0.6) is 0 Å². The Bertz CT molecular complexity index is 463. The molecular weight excluding hydrogens is 440 g/mol. The van der Waals surface area contributed by atoms with E-state index >= 15 is 0 Å². The molecule has 4 aliphatic rings. The molecule has 0 N–H and O–H groups in total. The first-order valence-corrected chi connectivity index (χ1v) is 19.2. The van der Waals surface area contributed by atoms with Gasteiger partial charge in [0, 0.05) is 35.4 Å². The Kier molecular flexibility index (Phi) is 10.4. The van der Waals surface area contributed by atoms with Crippen molar-refractivity contribution in [1.82, 2.24) is 0 Å². The summed E-state index contributed by atoms with van der Waals surface area (Å²) in [6, 6.07) is 0. The molecule has 4 rings (SSSR count). The van der Waals surface area contributed by atoms with E-state index in [0.717, 1.165) is 13.2 Å². The molecule has 0 aromatic carbocycles. The Balaban J connectivity index is 1.75. The molecule has 0 heterocycles. The predicted molar refractivity (Wildman–Crippen MR) is 143 cm³/mol. The quantitative estimate of drug-likeness (QED) is 0.283. The lowest BCUT2D eigenvalue weighted by Gasteiger charge is -2.54. The molecule has 4 saturated carbocycles. The van der Waals surface area contributed by atoms with E-state index in [9.17, 15) is 0 Å². The molecular formula is C28H54O3Si2. The molecule has 3 nitrogen and oxygen atoms in total. The van der Waals surface area contributed by atoms with Crippen LogP contribution >= 0.6 is 0 Å². The van der Waals surface area contributed by atoms with E-state index in [-0.39, 0.29) is 0 Å². The van der Waals surface area contributed by atoms with Crippen molar-refractivity contribution in [2.45, 2.75) is 164 Å². The second kappa shape index (κ2) is 13.0. The largest absolute Gasteiger partial charge is 0.414 e. The van der Waals surface area contributed by atoms with Crippen LogP contribution in [0.1, 0.15) is 142 Å². The van der Waals surface area contributed by atoms with Gasteiger partial charge in [-0.1, -0.05) is 77.0 Å². The Hall–Kier alpha value is 0.314. The van der Waals surface area contributed by atoms with Crippen molar-refractivity contribution in [3.05, 3.63) is 0 Å². The van der Waals surface area contributed by atoms with Crippen LogP contribution in [0, 0.1) is 0 Å². The Morgan fingerprint density at radius 2 is 0.667 bits per heavy atom. The highest BCUT2D eigenvalue weighted by Gasteiger charge is 2.62. The average molecular weight is 495 g/mol. The molecule has 0 aromatic heterocycles. The van der Waals surface area contributed by atoms with Crippen LogP contribution in [0.25, 0.3) is 0 Å². The maximum absolute atomic E-state index is 8.10. The Labute approximate surface area is 207 Å². The van der Waals surface area contributed by atoms with E-state index in [2.05, 4.69) is 13.8 Å². The topological polar surface area (TPSA) is 27.7 Å². The normalized spacial score (nSPS) is 26.0. The first kappa shape index (κ1) is 26.4. The maximum atomic E-state index is 8.10. The fourth-order valence-electron chi connectivity index (χ4n) is 8.25. The van der Waals surface area contributed by atoms with Gasteiger partial charge in [-0.3, -0.25) is 0 Å². The van der Waals surface area contributed by atoms with Gasteiger partial charge in [0.1, 0.15) is 0 Å². The summed E-state index contributed by atoms with van der Waals surface area (Å²) >= 11 is 0. The summed E-state index contributed by atoms with van der Waals surface area (Å²) in [4.78, 5) is 0. The van der Waals surface area contributed by atoms with Gasteiger partial charge in [0.25, 0.3) is 0 Å². The first-order chi connectivity index (χ1) is 16.2. The molecule has 0 amide bonds. The molecule has 0 bridgehead atoms. The number of hydrogen-bond donors (Lipinski definition) is 0. The summed E-state index contributed by atoms with van der Waals surface area (Å²) in [5.41, 5.74) is 2.81. The van der Waals surface area contributed by atoms with E-state index in [1.807, 2.05) is 0 Å². The monoisotopic (exact) mass is 494 g/mol. The van der Waals surface area contributed by atoms with E-state index in [1.165, 1.54) is 128 Å². The zero-order valence-electron chi connectivity index (χ0n) is 22.1. The fraction of sp³-hybridized carbons (Fsp3) is 1.00. The minimum Gasteiger partial charge on any atom is -0.414 e. The maximum Gasteiger partial charge on any atom is 0.335 e. The molecule has 0 aliphatic heterocycles. The second-order valence-corrected chi connectivity index (χ2v) is 19.3. The van der Waals surface area contributed by atoms with Crippen LogP contribution in [-0.4, -0.2) is 30.3 Å². The van der Waals surface area contributed by atoms with Crippen LogP contribution in [0.2, 0.25) is 22.2 Å². The van der Waals surface area contributed by atoms with Crippen molar-refractivity contribution in [2.75, 3.05) is 13.2 Å². The van der Waals surface area contributed by atoms with Gasteiger partial charge in [0.05, 0.1) is 0 Å². The third-order valence-corrected chi connectivity index (χ3v) is 20.6. The van der Waals surface area contributed by atoms with Gasteiger partial charge in [-0.15, -0.1) is 0 Å². The highest BCUT2D eigenvalue weighted by Crippen LogP contribution is 2.56. The van der Waals surface area contributed by atoms with Gasteiger partial charge >= 0.3 is 17.1 Å². The van der Waals surface area contributed by atoms with Crippen molar-refractivity contribution in [3.63, 3.8) is 0 Å². The summed E-state index contributed by atoms with van der Waals surface area (Å²) in [5, 5.41) is 0. The number of hydrogen-bond acceptors (Lipinski definition) is 3. The highest BCUT2D eigenvalue weighted by atomic mass is 28.5. The van der Waals surface area contributed by atoms with E-state index in [1.54, 1.807) is 0 Å². The Morgan fingerprint density at radius 1 is 0.424 bits per heavy atom. The van der Waals surface area contributed by atoms with Gasteiger partial charge in [-0.05, 0) is 65.2 Å². The van der Waals surface area contributed by atoms with Crippen molar-refractivity contribution >= 4 is 17.1 Å². The summed E-state index contributed by atoms with van der Waals surface area (Å²) in [6.45, 7) is 6.18. The minimum atomic E-state index is -2.40. The minimum absolute atomic E-state index is 0.703. The molecule has 0 aromatic rings. The van der Waals surface area contributed by atoms with Crippen molar-refractivity contribution in [2.24, 2.45) is 0 Å². The average Bonchev–Trinajstić information content (AvgIpc) is 2.90. The zero-order chi connectivity index (χ0) is 23.0. The molecule has 192 valence electrons. The van der Waals surface area contributed by atoms with Crippen LogP contribution < -0.4 is 0 Å². The van der Waals surface area contributed by atoms with Crippen LogP contribution in [0.4, 0.5) is 0 Å². The van der Waals surface area contributed by atoms with Crippen molar-refractivity contribution < 1.29 is 13.0 Å². The summed E-state index contributed by atoms with van der Waals surface area (Å²) in [6.07, 6.45) is 27.6. The first-order valence-electron chi connectivity index (χ1n) is 15.2. The fourth-order valence-corrected chi connectivity index (χ4v) is 21.4. The predicted octanol–water partition coefficient (Wildman–Crippen LogP) is 9.30. The third kappa shape index (κ3) is 6.01. The van der Waals surface area contributed by atoms with Crippen LogP contribution in [-0.2, 0) is 13.0 Å². The van der Waals surface area contributed by atoms with Gasteiger partial charge < -0.3 is 13.0 Å². The SMILES string of the molecule is CCO[Si](O[Si](OCC)(C1CCCCC1)C1CCCCC1)(C1CCCCC1)C1CCCCC1. The zero-order valence-corrected chi connectivity index (χ0v) is 24.1. The summed E-state index contributed by atoms with van der Waals surface area (Å²) in [5.74, 6) is 0. The lowest BCUT2D eigenvalue weighted by Crippen LogP contribution is -2.64. The molecule has 4 aliphatic carbocycles. The smallest absolute Gasteiger partial charge is 0.335 e. The van der Waals surface area contributed by atoms with E-state index in [4.69, 9.17) is 13.0 Å². The van der Waals surface area contributed by atoms with Crippen molar-refractivity contribution in [3.8, 4) is 0 Å². The van der Waals surface area contributed by atoms with Crippen molar-refractivity contribution in [1.29, 1.82) is 0 Å². The Morgan fingerprint density at radius 3 is 0.879 bits per heavy atom. The molecule has 0 unspecified atom stereocenters. The van der Waals surface area contributed by atoms with E-state index in [0.29, 0.717) is 22.2 Å². The second-order valence-electron chi connectivity index (χ2n) is 11.8. The number of rotatable bonds is 10. The molecule has 33 heavy (non-hydrogen) atoms. The standard InChI is InChI=1S/C28H54O3Si2/c1-3-29-32(25-17-9-5-10-18-25,26-19-11-6-12-20-26)31-33(30-4-2,27-21-13-7-14-22-27)28-23-15-8-16-24-28/h25-28H,3-24H2,1-2H3. The third-order valence-electron chi connectivity index (χ3n) is 9.76. The molecule has 0 atom stereocenters. The highest BCUT2D eigenvalue weighted by molar-refractivity contribution is 6.84. The summed E-state index contributed by atoms with van der Waals surface area (Å²) in [7, 11) is -4.80. The summed E-state index contributed by atoms with van der Waals surface area (Å²) < 4.78 is 22.4. The molecule has 0 spiro atoms. The van der Waals surface area contributed by atoms with Gasteiger partial charge in [0.2, 0.25) is 0 Å². The lowest BCUT2D eigenvalue weighted by molar-refractivity contribution is 0.142.